The van der Waals surface area contributed by atoms with Crippen molar-refractivity contribution in [3.05, 3.63) is 29.6 Å². The summed E-state index contributed by atoms with van der Waals surface area (Å²) in [6.07, 6.45) is 0. The van der Waals surface area contributed by atoms with Gasteiger partial charge in [0.25, 0.3) is 0 Å². The summed E-state index contributed by atoms with van der Waals surface area (Å²) in [4.78, 5) is 11.6. The Balaban J connectivity index is 2.63. The average Bonchev–Trinajstić information content (AvgIpc) is 2.74. The van der Waals surface area contributed by atoms with Crippen molar-refractivity contribution in [2.45, 2.75) is 6.92 Å². The lowest BCUT2D eigenvalue weighted by Crippen LogP contribution is -2.10. The zero-order valence-corrected chi connectivity index (χ0v) is 9.41. The molecule has 1 aromatic carbocycles. The number of ether oxygens (including phenoxy) is 1. The fraction of sp³-hybridized carbons (Fsp3) is 0.200. The normalized spacial score (nSPS) is 10.2. The first kappa shape index (κ1) is 11.1. The van der Waals surface area contributed by atoms with Crippen molar-refractivity contribution in [1.29, 1.82) is 0 Å². The van der Waals surface area contributed by atoms with Gasteiger partial charge in [-0.3, -0.25) is 0 Å². The molecule has 0 radical (unpaired) electrons. The Hall–Kier alpha value is -2.44. The highest BCUT2D eigenvalue weighted by Gasteiger charge is 2.16. The number of aryl methyl sites for hydroxylation is 1. The number of benzene rings is 1. The SMILES string of the molecule is COC(=O)c1ccc(N)cc1-n1nnnc1C. The van der Waals surface area contributed by atoms with Crippen LogP contribution in [-0.4, -0.2) is 33.3 Å². The Morgan fingerprint density at radius 1 is 1.47 bits per heavy atom. The van der Waals surface area contributed by atoms with Crippen LogP contribution in [0.4, 0.5) is 5.69 Å². The minimum absolute atomic E-state index is 0.358. The number of carbonyl (C=O) groups excluding carboxylic acids is 1. The number of hydrogen-bond donors (Lipinski definition) is 1. The highest BCUT2D eigenvalue weighted by Crippen LogP contribution is 2.19. The molecular formula is C10H11N5O2. The van der Waals surface area contributed by atoms with Crippen LogP contribution in [0, 0.1) is 6.92 Å². The summed E-state index contributed by atoms with van der Waals surface area (Å²) in [7, 11) is 1.31. The number of carbonyl (C=O) groups is 1. The summed E-state index contributed by atoms with van der Waals surface area (Å²) < 4.78 is 6.13. The molecule has 1 heterocycles. The predicted octanol–water partition coefficient (Wildman–Crippen LogP) is 0.340. The molecule has 2 N–H and O–H groups in total. The molecule has 0 amide bonds. The fourth-order valence-corrected chi connectivity index (χ4v) is 1.46. The monoisotopic (exact) mass is 233 g/mol. The third-order valence-electron chi connectivity index (χ3n) is 2.28. The van der Waals surface area contributed by atoms with Gasteiger partial charge in [0.2, 0.25) is 0 Å². The number of nitrogens with two attached hydrogens (primary N) is 1. The Kier molecular flexibility index (Phi) is 2.73. The number of nitrogens with zero attached hydrogens (tertiary/aromatic N) is 4. The lowest BCUT2D eigenvalue weighted by atomic mass is 10.1. The fourth-order valence-electron chi connectivity index (χ4n) is 1.46. The zero-order valence-electron chi connectivity index (χ0n) is 9.41. The summed E-state index contributed by atoms with van der Waals surface area (Å²) >= 11 is 0. The van der Waals surface area contributed by atoms with Gasteiger partial charge in [-0.25, -0.2) is 4.79 Å². The van der Waals surface area contributed by atoms with Crippen LogP contribution in [0.15, 0.2) is 18.2 Å². The van der Waals surface area contributed by atoms with Crippen LogP contribution in [-0.2, 0) is 4.74 Å². The van der Waals surface area contributed by atoms with Crippen LogP contribution in [0.1, 0.15) is 16.2 Å². The van der Waals surface area contributed by atoms with E-state index in [9.17, 15) is 4.79 Å². The minimum atomic E-state index is -0.463. The van der Waals surface area contributed by atoms with E-state index in [0.29, 0.717) is 22.8 Å². The Bertz CT molecular complexity index is 564. The highest BCUT2D eigenvalue weighted by molar-refractivity contribution is 5.94. The molecule has 0 fully saturated rings. The molecule has 1 aromatic heterocycles. The number of rotatable bonds is 2. The third-order valence-corrected chi connectivity index (χ3v) is 2.28. The van der Waals surface area contributed by atoms with Crippen LogP contribution >= 0.6 is 0 Å². The largest absolute Gasteiger partial charge is 0.465 e. The lowest BCUT2D eigenvalue weighted by Gasteiger charge is -2.08. The van der Waals surface area contributed by atoms with Gasteiger partial charge in [0.1, 0.15) is 0 Å². The molecule has 17 heavy (non-hydrogen) atoms. The Morgan fingerprint density at radius 3 is 2.82 bits per heavy atom. The van der Waals surface area contributed by atoms with E-state index in [-0.39, 0.29) is 0 Å². The maximum atomic E-state index is 11.6. The van der Waals surface area contributed by atoms with Crippen molar-refractivity contribution < 1.29 is 9.53 Å². The third kappa shape index (κ3) is 1.94. The molecular weight excluding hydrogens is 222 g/mol. The second kappa shape index (κ2) is 4.20. The van der Waals surface area contributed by atoms with Crippen molar-refractivity contribution in [3.8, 4) is 5.69 Å². The topological polar surface area (TPSA) is 95.9 Å². The van der Waals surface area contributed by atoms with Crippen LogP contribution in [0.2, 0.25) is 0 Å². The molecule has 7 nitrogen and oxygen atoms in total. The molecule has 0 aliphatic rings. The predicted molar refractivity (Wildman–Crippen MR) is 59.6 cm³/mol. The van der Waals surface area contributed by atoms with Gasteiger partial charge in [-0.15, -0.1) is 5.10 Å². The molecule has 0 saturated carbocycles. The number of esters is 1. The summed E-state index contributed by atoms with van der Waals surface area (Å²) in [6, 6.07) is 4.82. The summed E-state index contributed by atoms with van der Waals surface area (Å²) in [6.45, 7) is 1.73. The van der Waals surface area contributed by atoms with E-state index in [4.69, 9.17) is 10.5 Å². The van der Waals surface area contributed by atoms with E-state index < -0.39 is 5.97 Å². The quantitative estimate of drug-likeness (QED) is 0.593. The maximum absolute atomic E-state index is 11.6. The summed E-state index contributed by atoms with van der Waals surface area (Å²) in [5.41, 5.74) is 7.07. The van der Waals surface area contributed by atoms with E-state index in [1.807, 2.05) is 0 Å². The molecule has 2 aromatic rings. The van der Waals surface area contributed by atoms with Crippen molar-refractivity contribution in [3.63, 3.8) is 0 Å². The molecule has 0 aliphatic heterocycles. The molecule has 7 heteroatoms. The number of hydrogen-bond acceptors (Lipinski definition) is 6. The number of aromatic nitrogens is 4. The molecule has 88 valence electrons. The van der Waals surface area contributed by atoms with Crippen LogP contribution < -0.4 is 5.73 Å². The van der Waals surface area contributed by atoms with Gasteiger partial charge >= 0.3 is 5.97 Å². The maximum Gasteiger partial charge on any atom is 0.340 e. The Labute approximate surface area is 97.2 Å². The van der Waals surface area contributed by atoms with Crippen molar-refractivity contribution in [1.82, 2.24) is 20.2 Å². The molecule has 0 spiro atoms. The second-order valence-corrected chi connectivity index (χ2v) is 3.41. The number of nitrogen functional groups attached to an aromatic ring is 1. The van der Waals surface area contributed by atoms with Gasteiger partial charge in [-0.2, -0.15) is 4.68 Å². The van der Waals surface area contributed by atoms with Crippen molar-refractivity contribution >= 4 is 11.7 Å². The summed E-state index contributed by atoms with van der Waals surface area (Å²) in [5.74, 6) is 0.0932. The van der Waals surface area contributed by atoms with E-state index in [1.54, 1.807) is 25.1 Å². The van der Waals surface area contributed by atoms with Crippen molar-refractivity contribution in [2.24, 2.45) is 0 Å². The van der Waals surface area contributed by atoms with Gasteiger partial charge in [0.15, 0.2) is 5.82 Å². The second-order valence-electron chi connectivity index (χ2n) is 3.41. The van der Waals surface area contributed by atoms with E-state index in [1.165, 1.54) is 11.8 Å². The number of methoxy groups -OCH3 is 1. The van der Waals surface area contributed by atoms with Crippen molar-refractivity contribution in [2.75, 3.05) is 12.8 Å². The molecule has 0 unspecified atom stereocenters. The smallest absolute Gasteiger partial charge is 0.340 e. The van der Waals surface area contributed by atoms with E-state index >= 15 is 0 Å². The number of tetrazole rings is 1. The van der Waals surface area contributed by atoms with E-state index in [0.717, 1.165) is 0 Å². The van der Waals surface area contributed by atoms with Gasteiger partial charge in [-0.05, 0) is 35.5 Å². The van der Waals surface area contributed by atoms with Gasteiger partial charge in [0, 0.05) is 5.69 Å². The average molecular weight is 233 g/mol. The first-order chi connectivity index (χ1) is 8.13. The first-order valence-corrected chi connectivity index (χ1v) is 4.86. The molecule has 0 bridgehead atoms. The molecule has 0 atom stereocenters. The minimum Gasteiger partial charge on any atom is -0.465 e. The van der Waals surface area contributed by atoms with Gasteiger partial charge in [-0.1, -0.05) is 0 Å². The standard InChI is InChI=1S/C10H11N5O2/c1-6-12-13-14-15(6)9-5-7(11)3-4-8(9)10(16)17-2/h3-5H,11H2,1-2H3. The highest BCUT2D eigenvalue weighted by atomic mass is 16.5. The van der Waals surface area contributed by atoms with Gasteiger partial charge < -0.3 is 10.5 Å². The first-order valence-electron chi connectivity index (χ1n) is 4.86. The Morgan fingerprint density at radius 2 is 2.24 bits per heavy atom. The lowest BCUT2D eigenvalue weighted by molar-refractivity contribution is 0.0600. The van der Waals surface area contributed by atoms with E-state index in [2.05, 4.69) is 15.5 Å². The number of anilines is 1. The zero-order chi connectivity index (χ0) is 12.4. The van der Waals surface area contributed by atoms with Gasteiger partial charge in [0.05, 0.1) is 18.4 Å². The van der Waals surface area contributed by atoms with Crippen LogP contribution in [0.3, 0.4) is 0 Å². The molecule has 0 aliphatic carbocycles. The van der Waals surface area contributed by atoms with Crippen LogP contribution in [0.5, 0.6) is 0 Å². The molecule has 0 saturated heterocycles. The summed E-state index contributed by atoms with van der Waals surface area (Å²) in [5, 5.41) is 11.1. The van der Waals surface area contributed by atoms with Crippen LogP contribution in [0.25, 0.3) is 5.69 Å². The molecule has 2 rings (SSSR count).